The summed E-state index contributed by atoms with van der Waals surface area (Å²) >= 11 is 0.910. The molecule has 2 unspecified atom stereocenters. The van der Waals surface area contributed by atoms with Crippen molar-refractivity contribution in [3.05, 3.63) is 76.9 Å². The molecule has 0 amide bonds. The molecule has 0 radical (unpaired) electrons. The minimum absolute atomic E-state index is 0.229. The van der Waals surface area contributed by atoms with Gasteiger partial charge in [-0.05, 0) is 49.2 Å². The largest absolute Gasteiger partial charge is 0.210 e. The second-order valence-corrected chi connectivity index (χ2v) is 7.22. The normalized spacial score (nSPS) is 22.1. The number of halogens is 2. The average Bonchev–Trinajstić information content (AvgIpc) is 2.63. The Morgan fingerprint density at radius 3 is 2.54 bits per heavy atom. The number of rotatable bonds is 2. The van der Waals surface area contributed by atoms with Crippen LogP contribution in [0.25, 0.3) is 5.57 Å². The Bertz CT molecular complexity index is 918. The molecule has 0 saturated heterocycles. The van der Waals surface area contributed by atoms with Crippen LogP contribution in [0.2, 0.25) is 0 Å². The first kappa shape index (κ1) is 18.2. The van der Waals surface area contributed by atoms with Crippen LogP contribution in [0.1, 0.15) is 24.0 Å². The second kappa shape index (κ2) is 8.21. The molecule has 2 aliphatic rings. The topological polar surface area (TPSA) is 23.8 Å². The van der Waals surface area contributed by atoms with Gasteiger partial charge >= 0.3 is 0 Å². The highest BCUT2D eigenvalue weighted by Gasteiger charge is 2.19. The van der Waals surface area contributed by atoms with Gasteiger partial charge in [-0.2, -0.15) is 5.26 Å². The summed E-state index contributed by atoms with van der Waals surface area (Å²) in [5.74, 6) is 5.10. The fourth-order valence-electron chi connectivity index (χ4n) is 2.84. The minimum atomic E-state index is -0.447. The van der Waals surface area contributed by atoms with Crippen LogP contribution in [-0.4, -0.2) is 5.25 Å². The number of aryl methyl sites for hydroxylation is 1. The van der Waals surface area contributed by atoms with Crippen LogP contribution in [0.15, 0.2) is 65.8 Å². The van der Waals surface area contributed by atoms with Crippen molar-refractivity contribution in [3.8, 4) is 17.2 Å². The third-order valence-electron chi connectivity index (χ3n) is 4.29. The van der Waals surface area contributed by atoms with Gasteiger partial charge in [-0.3, -0.25) is 0 Å². The molecule has 2 aliphatic carbocycles. The molecule has 0 heterocycles. The van der Waals surface area contributed by atoms with Crippen molar-refractivity contribution in [1.29, 1.82) is 5.26 Å². The lowest BCUT2D eigenvalue weighted by molar-refractivity contribution is 0.594. The van der Waals surface area contributed by atoms with E-state index >= 15 is 0 Å². The molecule has 3 rings (SSSR count). The highest BCUT2D eigenvalue weighted by Crippen LogP contribution is 2.32. The van der Waals surface area contributed by atoms with Crippen LogP contribution in [0.3, 0.4) is 0 Å². The van der Waals surface area contributed by atoms with E-state index in [9.17, 15) is 8.78 Å². The van der Waals surface area contributed by atoms with Crippen LogP contribution in [0.5, 0.6) is 0 Å². The summed E-state index contributed by atoms with van der Waals surface area (Å²) in [6.45, 7) is 2.00. The van der Waals surface area contributed by atoms with Crippen LogP contribution in [0.4, 0.5) is 8.78 Å². The van der Waals surface area contributed by atoms with Gasteiger partial charge in [-0.1, -0.05) is 53.8 Å². The average molecular weight is 365 g/mol. The van der Waals surface area contributed by atoms with Gasteiger partial charge in [0, 0.05) is 17.1 Å². The predicted octanol–water partition coefficient (Wildman–Crippen LogP) is 6.02. The van der Waals surface area contributed by atoms with E-state index in [1.807, 2.05) is 48.7 Å². The van der Waals surface area contributed by atoms with Gasteiger partial charge in [0.05, 0.1) is 5.25 Å². The first-order chi connectivity index (χ1) is 12.6. The van der Waals surface area contributed by atoms with Crippen molar-refractivity contribution in [3.63, 3.8) is 0 Å². The van der Waals surface area contributed by atoms with Crippen LogP contribution >= 0.6 is 11.8 Å². The Balaban J connectivity index is 1.69. The van der Waals surface area contributed by atoms with Gasteiger partial charge in [-0.25, -0.2) is 8.78 Å². The molecule has 0 aromatic heterocycles. The van der Waals surface area contributed by atoms with Gasteiger partial charge in [0.15, 0.2) is 0 Å². The zero-order valence-electron chi connectivity index (χ0n) is 14.3. The van der Waals surface area contributed by atoms with E-state index in [1.165, 1.54) is 12.2 Å². The zero-order chi connectivity index (χ0) is 18.5. The van der Waals surface area contributed by atoms with E-state index in [2.05, 4.69) is 11.8 Å². The molecule has 26 heavy (non-hydrogen) atoms. The molecular formula is C22H17F2NS. The molecular weight excluding hydrogens is 348 g/mol. The van der Waals surface area contributed by atoms with Gasteiger partial charge in [-0.15, -0.1) is 0 Å². The van der Waals surface area contributed by atoms with Gasteiger partial charge < -0.3 is 0 Å². The summed E-state index contributed by atoms with van der Waals surface area (Å²) in [4.78, 5) is 0. The van der Waals surface area contributed by atoms with Crippen molar-refractivity contribution in [1.82, 2.24) is 0 Å². The second-order valence-electron chi connectivity index (χ2n) is 6.23. The van der Waals surface area contributed by atoms with Gasteiger partial charge in [0.2, 0.25) is 0 Å². The Kier molecular flexibility index (Phi) is 5.76. The van der Waals surface area contributed by atoms with E-state index in [4.69, 9.17) is 5.26 Å². The molecule has 1 nitrogen and oxygen atoms in total. The third kappa shape index (κ3) is 4.34. The lowest BCUT2D eigenvalue weighted by atomic mass is 9.92. The molecule has 1 aromatic carbocycles. The lowest BCUT2D eigenvalue weighted by Crippen LogP contribution is -2.06. The summed E-state index contributed by atoms with van der Waals surface area (Å²) in [6, 6.07) is 7.75. The maximum absolute atomic E-state index is 14.5. The number of allylic oxidation sites excluding steroid dienone is 7. The number of thiocyanates is 1. The Labute approximate surface area is 156 Å². The lowest BCUT2D eigenvalue weighted by Gasteiger charge is -2.15. The Morgan fingerprint density at radius 1 is 1.12 bits per heavy atom. The summed E-state index contributed by atoms with van der Waals surface area (Å²) in [6.07, 6.45) is 7.64. The summed E-state index contributed by atoms with van der Waals surface area (Å²) in [5.41, 5.74) is 3.17. The molecule has 1 aromatic rings. The molecule has 0 aliphatic heterocycles. The van der Waals surface area contributed by atoms with Crippen molar-refractivity contribution >= 4 is 17.3 Å². The van der Waals surface area contributed by atoms with Gasteiger partial charge in [0.25, 0.3) is 0 Å². The van der Waals surface area contributed by atoms with Crippen LogP contribution in [0, 0.1) is 35.3 Å². The van der Waals surface area contributed by atoms with E-state index in [0.29, 0.717) is 24.0 Å². The quantitative estimate of drug-likeness (QED) is 0.472. The number of nitrogens with zero attached hydrogens (tertiary/aromatic N) is 1. The Morgan fingerprint density at radius 2 is 1.88 bits per heavy atom. The molecule has 2 atom stereocenters. The molecule has 0 bridgehead atoms. The summed E-state index contributed by atoms with van der Waals surface area (Å²) in [5, 5.41) is 10.1. The summed E-state index contributed by atoms with van der Waals surface area (Å²) in [7, 11) is 0. The Hall–Kier alpha value is -2.56. The van der Waals surface area contributed by atoms with E-state index in [0.717, 1.165) is 22.9 Å². The van der Waals surface area contributed by atoms with Crippen molar-refractivity contribution in [2.45, 2.75) is 25.0 Å². The van der Waals surface area contributed by atoms with Crippen molar-refractivity contribution in [2.24, 2.45) is 5.92 Å². The third-order valence-corrected chi connectivity index (χ3v) is 5.10. The number of benzene rings is 1. The molecule has 0 saturated carbocycles. The predicted molar refractivity (Wildman–Crippen MR) is 103 cm³/mol. The smallest absolute Gasteiger partial charge is 0.134 e. The fourth-order valence-corrected chi connectivity index (χ4v) is 3.34. The first-order valence-corrected chi connectivity index (χ1v) is 9.23. The molecule has 4 heteroatoms. The number of thioether (sulfide) groups is 1. The summed E-state index contributed by atoms with van der Waals surface area (Å²) < 4.78 is 28.3. The minimum Gasteiger partial charge on any atom is -0.210 e. The zero-order valence-corrected chi connectivity index (χ0v) is 15.1. The highest BCUT2D eigenvalue weighted by atomic mass is 32.2. The van der Waals surface area contributed by atoms with E-state index < -0.39 is 5.25 Å². The van der Waals surface area contributed by atoms with Crippen molar-refractivity contribution in [2.75, 3.05) is 0 Å². The van der Waals surface area contributed by atoms with E-state index in [1.54, 1.807) is 0 Å². The maximum atomic E-state index is 14.5. The monoisotopic (exact) mass is 365 g/mol. The number of hydrogen-bond donors (Lipinski definition) is 0. The van der Waals surface area contributed by atoms with Gasteiger partial charge in [0.1, 0.15) is 17.1 Å². The maximum Gasteiger partial charge on any atom is 0.134 e. The number of nitriles is 1. The standard InChI is InChI=1S/C22H17F2NS/c1-15-2-8-18(9-3-15)19-10-6-16(12-20(19)23)4-5-17-7-11-22(26-14-25)21(24)13-17/h2-3,7-10,12-13,16,22H,6,11H2,1H3. The SMILES string of the molecule is Cc1ccc(C2=CCC(C#CC3=CCC(SC#N)C(F)=C3)C=C2F)cc1. The first-order valence-electron chi connectivity index (χ1n) is 8.35. The molecule has 130 valence electrons. The highest BCUT2D eigenvalue weighted by molar-refractivity contribution is 8.04. The fraction of sp³-hybridized carbons (Fsp3) is 0.227. The number of hydrogen-bond acceptors (Lipinski definition) is 2. The molecule has 0 spiro atoms. The van der Waals surface area contributed by atoms with Crippen molar-refractivity contribution < 1.29 is 8.78 Å². The van der Waals surface area contributed by atoms with Crippen LogP contribution < -0.4 is 0 Å². The van der Waals surface area contributed by atoms with E-state index in [-0.39, 0.29) is 17.6 Å². The molecule has 0 fully saturated rings. The molecule has 0 N–H and O–H groups in total. The van der Waals surface area contributed by atoms with Crippen LogP contribution in [-0.2, 0) is 0 Å².